The Morgan fingerprint density at radius 2 is 2.24 bits per heavy atom. The number of hydrogen-bond acceptors (Lipinski definition) is 5. The number of ether oxygens (including phenoxy) is 1. The summed E-state index contributed by atoms with van der Waals surface area (Å²) in [6, 6.07) is 10.9. The van der Waals surface area contributed by atoms with Gasteiger partial charge in [0, 0.05) is 29.9 Å². The van der Waals surface area contributed by atoms with E-state index in [1.165, 1.54) is 10.5 Å². The van der Waals surface area contributed by atoms with Crippen LogP contribution in [0.5, 0.6) is 0 Å². The van der Waals surface area contributed by atoms with E-state index >= 15 is 0 Å². The summed E-state index contributed by atoms with van der Waals surface area (Å²) in [6.45, 7) is 5.74. The highest BCUT2D eigenvalue weighted by molar-refractivity contribution is 7.98. The molecule has 0 aliphatic rings. The molecule has 5 heteroatoms. The Bertz CT molecular complexity index is 557. The van der Waals surface area contributed by atoms with Crippen LogP contribution >= 0.6 is 11.8 Å². The van der Waals surface area contributed by atoms with Gasteiger partial charge < -0.3 is 14.6 Å². The van der Waals surface area contributed by atoms with Crippen molar-refractivity contribution >= 4 is 11.8 Å². The summed E-state index contributed by atoms with van der Waals surface area (Å²) in [5.74, 6) is 1.56. The minimum absolute atomic E-state index is 0.371. The van der Waals surface area contributed by atoms with Gasteiger partial charge in [-0.15, -0.1) is 11.8 Å². The van der Waals surface area contributed by atoms with Gasteiger partial charge in [-0.25, -0.2) is 0 Å². The molecule has 114 valence electrons. The maximum Gasteiger partial charge on any atom is 0.162 e. The number of nitrogens with zero attached hydrogens (tertiary/aromatic N) is 1. The number of thioether (sulfide) groups is 1. The van der Waals surface area contributed by atoms with Crippen molar-refractivity contribution in [1.29, 1.82) is 0 Å². The molecular formula is C16H22N2O2S. The van der Waals surface area contributed by atoms with Crippen molar-refractivity contribution in [2.24, 2.45) is 0 Å². The van der Waals surface area contributed by atoms with Crippen LogP contribution in [0.2, 0.25) is 0 Å². The standard InChI is InChI=1S/C16H22N2O2S/c1-4-17-12(2)13-6-5-7-16(8-13)21-11-14-9-15(10-19-3)20-18-14/h5-9,12,17H,4,10-11H2,1-3H3. The highest BCUT2D eigenvalue weighted by Gasteiger charge is 2.07. The van der Waals surface area contributed by atoms with Crippen molar-refractivity contribution in [2.45, 2.75) is 37.1 Å². The lowest BCUT2D eigenvalue weighted by molar-refractivity contribution is 0.156. The van der Waals surface area contributed by atoms with Gasteiger partial charge >= 0.3 is 0 Å². The van der Waals surface area contributed by atoms with Gasteiger partial charge in [0.2, 0.25) is 0 Å². The first-order valence-electron chi connectivity index (χ1n) is 7.12. The van der Waals surface area contributed by atoms with Crippen LogP contribution in [0.15, 0.2) is 39.8 Å². The molecule has 0 spiro atoms. The van der Waals surface area contributed by atoms with E-state index in [2.05, 4.69) is 48.6 Å². The van der Waals surface area contributed by atoms with E-state index in [1.54, 1.807) is 18.9 Å². The average Bonchev–Trinajstić information content (AvgIpc) is 2.94. The molecule has 0 radical (unpaired) electrons. The molecule has 1 N–H and O–H groups in total. The summed E-state index contributed by atoms with van der Waals surface area (Å²) >= 11 is 1.76. The summed E-state index contributed by atoms with van der Waals surface area (Å²) in [6.07, 6.45) is 0. The third kappa shape index (κ3) is 4.88. The van der Waals surface area contributed by atoms with Crippen molar-refractivity contribution in [2.75, 3.05) is 13.7 Å². The molecule has 1 aromatic carbocycles. The summed E-state index contributed by atoms with van der Waals surface area (Å²) in [5, 5.41) is 7.48. The fourth-order valence-electron chi connectivity index (χ4n) is 2.09. The molecule has 1 aromatic heterocycles. The van der Waals surface area contributed by atoms with Crippen molar-refractivity contribution in [3.05, 3.63) is 47.3 Å². The molecule has 0 aliphatic carbocycles. The maximum absolute atomic E-state index is 5.19. The highest BCUT2D eigenvalue weighted by Crippen LogP contribution is 2.25. The van der Waals surface area contributed by atoms with Crippen LogP contribution in [-0.2, 0) is 17.1 Å². The quantitative estimate of drug-likeness (QED) is 0.752. The van der Waals surface area contributed by atoms with Crippen molar-refractivity contribution in [3.8, 4) is 0 Å². The molecule has 0 aliphatic heterocycles. The first-order chi connectivity index (χ1) is 10.2. The number of rotatable bonds is 8. The number of aromatic nitrogens is 1. The van der Waals surface area contributed by atoms with Crippen LogP contribution in [0.25, 0.3) is 0 Å². The monoisotopic (exact) mass is 306 g/mol. The van der Waals surface area contributed by atoms with Gasteiger partial charge in [0.25, 0.3) is 0 Å². The van der Waals surface area contributed by atoms with Crippen LogP contribution in [0.4, 0.5) is 0 Å². The van der Waals surface area contributed by atoms with Gasteiger partial charge in [0.15, 0.2) is 5.76 Å². The molecule has 4 nitrogen and oxygen atoms in total. The van der Waals surface area contributed by atoms with Crippen molar-refractivity contribution in [3.63, 3.8) is 0 Å². The molecule has 0 saturated heterocycles. The Morgan fingerprint density at radius 3 is 3.00 bits per heavy atom. The van der Waals surface area contributed by atoms with Crippen molar-refractivity contribution < 1.29 is 9.26 Å². The fourth-order valence-corrected chi connectivity index (χ4v) is 2.93. The predicted molar refractivity (Wildman–Crippen MR) is 85.3 cm³/mol. The second-order valence-corrected chi connectivity index (χ2v) is 5.91. The molecule has 21 heavy (non-hydrogen) atoms. The zero-order chi connectivity index (χ0) is 15.1. The van der Waals surface area contributed by atoms with E-state index in [9.17, 15) is 0 Å². The van der Waals surface area contributed by atoms with Crippen LogP contribution in [0, 0.1) is 0 Å². The molecule has 0 saturated carbocycles. The zero-order valence-electron chi connectivity index (χ0n) is 12.8. The molecule has 1 unspecified atom stereocenters. The lowest BCUT2D eigenvalue weighted by Gasteiger charge is -2.13. The topological polar surface area (TPSA) is 47.3 Å². The molecule has 0 fully saturated rings. The number of methoxy groups -OCH3 is 1. The third-order valence-corrected chi connectivity index (χ3v) is 4.18. The SMILES string of the molecule is CCNC(C)c1cccc(SCc2cc(COC)on2)c1. The first kappa shape index (κ1) is 16.1. The first-order valence-corrected chi connectivity index (χ1v) is 8.11. The molecule has 1 atom stereocenters. The summed E-state index contributed by atoms with van der Waals surface area (Å²) < 4.78 is 10.2. The van der Waals surface area contributed by atoms with Gasteiger partial charge in [-0.05, 0) is 31.2 Å². The van der Waals surface area contributed by atoms with Gasteiger partial charge in [-0.3, -0.25) is 0 Å². The highest BCUT2D eigenvalue weighted by atomic mass is 32.2. The Kier molecular flexibility index (Phi) is 6.29. The van der Waals surface area contributed by atoms with E-state index < -0.39 is 0 Å². The molecule has 1 heterocycles. The normalized spacial score (nSPS) is 12.5. The second-order valence-electron chi connectivity index (χ2n) is 4.86. The summed E-state index contributed by atoms with van der Waals surface area (Å²) in [5.41, 5.74) is 2.25. The van der Waals surface area contributed by atoms with Crippen LogP contribution in [-0.4, -0.2) is 18.8 Å². The Morgan fingerprint density at radius 1 is 1.38 bits per heavy atom. The second kappa shape index (κ2) is 8.22. The minimum atomic E-state index is 0.371. The summed E-state index contributed by atoms with van der Waals surface area (Å²) in [4.78, 5) is 1.24. The zero-order valence-corrected chi connectivity index (χ0v) is 13.6. The Hall–Kier alpha value is -1.30. The largest absolute Gasteiger partial charge is 0.377 e. The lowest BCUT2D eigenvalue weighted by Crippen LogP contribution is -2.17. The van der Waals surface area contributed by atoms with E-state index in [4.69, 9.17) is 9.26 Å². The molecule has 0 amide bonds. The van der Waals surface area contributed by atoms with Crippen LogP contribution in [0.1, 0.15) is 36.9 Å². The van der Waals surface area contributed by atoms with Crippen LogP contribution < -0.4 is 5.32 Å². The van der Waals surface area contributed by atoms with E-state index in [1.807, 2.05) is 6.07 Å². The smallest absolute Gasteiger partial charge is 0.162 e. The van der Waals surface area contributed by atoms with Gasteiger partial charge in [-0.1, -0.05) is 24.2 Å². The maximum atomic E-state index is 5.19. The number of nitrogens with one attached hydrogen (secondary N) is 1. The Labute approximate surface area is 130 Å². The average molecular weight is 306 g/mol. The van der Waals surface area contributed by atoms with Crippen LogP contribution in [0.3, 0.4) is 0 Å². The van der Waals surface area contributed by atoms with E-state index in [-0.39, 0.29) is 0 Å². The fraction of sp³-hybridized carbons (Fsp3) is 0.438. The number of benzene rings is 1. The third-order valence-electron chi connectivity index (χ3n) is 3.15. The molecule has 2 aromatic rings. The van der Waals surface area contributed by atoms with E-state index in [0.29, 0.717) is 12.6 Å². The lowest BCUT2D eigenvalue weighted by atomic mass is 10.1. The predicted octanol–water partition coefficient (Wildman–Crippen LogP) is 3.78. The molecular weight excluding hydrogens is 284 g/mol. The minimum Gasteiger partial charge on any atom is -0.377 e. The van der Waals surface area contributed by atoms with Crippen molar-refractivity contribution in [1.82, 2.24) is 10.5 Å². The van der Waals surface area contributed by atoms with Gasteiger partial charge in [0.1, 0.15) is 6.61 Å². The van der Waals surface area contributed by atoms with Gasteiger partial charge in [0.05, 0.1) is 5.69 Å². The van der Waals surface area contributed by atoms with Gasteiger partial charge in [-0.2, -0.15) is 0 Å². The van der Waals surface area contributed by atoms with E-state index in [0.717, 1.165) is 23.8 Å². The Balaban J connectivity index is 1.94. The molecule has 0 bridgehead atoms. The number of hydrogen-bond donors (Lipinski definition) is 1. The molecule has 2 rings (SSSR count). The summed E-state index contributed by atoms with van der Waals surface area (Å²) in [7, 11) is 1.65.